The molecular formula is C73H135N11O17. The highest BCUT2D eigenvalue weighted by atomic mass is 16.5. The number of esters is 1. The highest BCUT2D eigenvalue weighted by Gasteiger charge is 2.42. The van der Waals surface area contributed by atoms with Crippen molar-refractivity contribution in [1.29, 1.82) is 0 Å². The summed E-state index contributed by atoms with van der Waals surface area (Å²) in [6.45, 7) is 44.6. The lowest BCUT2D eigenvalue weighted by Gasteiger charge is -2.33. The molecular weight excluding hydrogens is 1300 g/mol. The molecule has 0 aliphatic heterocycles. The molecule has 584 valence electrons. The number of ether oxygens (including phenoxy) is 5. The second-order valence-corrected chi connectivity index (χ2v) is 33.4. The third kappa shape index (κ3) is 39.1. The van der Waals surface area contributed by atoms with E-state index >= 15 is 0 Å². The Bertz CT molecular complexity index is 2710. The minimum atomic E-state index is -1.81. The molecule has 0 spiro atoms. The van der Waals surface area contributed by atoms with Gasteiger partial charge in [-0.05, 0) is 174 Å². The van der Waals surface area contributed by atoms with Crippen LogP contribution in [0.25, 0.3) is 0 Å². The van der Waals surface area contributed by atoms with Gasteiger partial charge in [-0.1, -0.05) is 94.4 Å². The van der Waals surface area contributed by atoms with Crippen molar-refractivity contribution in [2.45, 2.75) is 339 Å². The number of amides is 11. The van der Waals surface area contributed by atoms with Crippen molar-refractivity contribution in [3.05, 3.63) is 0 Å². The monoisotopic (exact) mass is 1440 g/mol. The molecule has 0 heterocycles. The van der Waals surface area contributed by atoms with E-state index in [0.29, 0.717) is 12.8 Å². The van der Waals surface area contributed by atoms with Crippen molar-refractivity contribution in [3.8, 4) is 0 Å². The van der Waals surface area contributed by atoms with Crippen molar-refractivity contribution < 1.29 is 81.2 Å². The summed E-state index contributed by atoms with van der Waals surface area (Å²) in [5.41, 5.74) is -8.35. The van der Waals surface area contributed by atoms with E-state index < -0.39 is 172 Å². The van der Waals surface area contributed by atoms with Crippen molar-refractivity contribution in [3.63, 3.8) is 0 Å². The molecule has 0 bridgehead atoms. The van der Waals surface area contributed by atoms with E-state index in [1.165, 1.54) is 48.7 Å². The molecule has 0 unspecified atom stereocenters. The Morgan fingerprint density at radius 2 is 0.614 bits per heavy atom. The summed E-state index contributed by atoms with van der Waals surface area (Å²) in [6, 6.07) is -10.6. The summed E-state index contributed by atoms with van der Waals surface area (Å²) < 4.78 is 29.0. The summed E-state index contributed by atoms with van der Waals surface area (Å²) in [5, 5.41) is 29.9. The van der Waals surface area contributed by atoms with E-state index in [1.807, 2.05) is 34.6 Å². The van der Waals surface area contributed by atoms with Crippen LogP contribution in [0.5, 0.6) is 0 Å². The first kappa shape index (κ1) is 94.5. The Morgan fingerprint density at radius 3 is 0.921 bits per heavy atom. The minimum Gasteiger partial charge on any atom is -0.467 e. The molecule has 0 saturated heterocycles. The molecule has 0 aliphatic carbocycles. The quantitative estimate of drug-likeness (QED) is 0.0264. The maximum atomic E-state index is 14.7. The number of nitrogens with one attached hydrogen (secondary N) is 11. The zero-order valence-electron chi connectivity index (χ0n) is 66.8. The molecule has 9 atom stereocenters. The van der Waals surface area contributed by atoms with Gasteiger partial charge in [0.05, 0.1) is 55.9 Å². The summed E-state index contributed by atoms with van der Waals surface area (Å²) in [6.07, 6.45) is 5.65. The SMILES string of the molecule is CCCCCCCC(=O)NC(C)(C)C(=O)N[C@@H](COC(C)(C)C)C(=O)N[C@@H](CC(C)C)C(=O)NC(C)(C)C(=O)N[C@@H](COC(C)(C)C)C(=O)N[C@@H](COC(C)(C)C)C(=O)N[C@@H](CC(C)C)C(=O)NC(C)(C)C(=O)N[C@@H](COC(C)(C)C)C(=O)N[C@H](C(=O)N[C@@H](CC(C)C)C(=O)OC)[C@@H](C)CC. The summed E-state index contributed by atoms with van der Waals surface area (Å²) in [5.74, 6) is -9.87. The van der Waals surface area contributed by atoms with Gasteiger partial charge in [0, 0.05) is 6.42 Å². The van der Waals surface area contributed by atoms with Crippen molar-refractivity contribution >= 4 is 70.9 Å². The second kappa shape index (κ2) is 42.3. The molecule has 0 fully saturated rings. The topological polar surface area (TPSA) is 383 Å². The van der Waals surface area contributed by atoms with Crippen LogP contribution < -0.4 is 58.5 Å². The zero-order chi connectivity index (χ0) is 78.6. The smallest absolute Gasteiger partial charge is 0.328 e. The Labute approximate surface area is 604 Å². The Morgan fingerprint density at radius 1 is 0.327 bits per heavy atom. The molecule has 0 aliphatic rings. The fourth-order valence-electron chi connectivity index (χ4n) is 9.61. The highest BCUT2D eigenvalue weighted by molar-refractivity contribution is 6.01. The van der Waals surface area contributed by atoms with Crippen LogP contribution in [-0.4, -0.2) is 192 Å². The summed E-state index contributed by atoms with van der Waals surface area (Å²) in [7, 11) is 1.21. The lowest BCUT2D eigenvalue weighted by molar-refractivity contribution is -0.146. The first-order valence-electron chi connectivity index (χ1n) is 36.0. The van der Waals surface area contributed by atoms with E-state index in [4.69, 9.17) is 23.7 Å². The van der Waals surface area contributed by atoms with Gasteiger partial charge in [-0.2, -0.15) is 0 Å². The van der Waals surface area contributed by atoms with Crippen LogP contribution in [-0.2, 0) is 81.2 Å². The van der Waals surface area contributed by atoms with Gasteiger partial charge >= 0.3 is 5.97 Å². The maximum absolute atomic E-state index is 14.7. The lowest BCUT2D eigenvalue weighted by Crippen LogP contribution is -2.65. The molecule has 28 heteroatoms. The number of carbonyl (C=O) groups is 12. The normalized spacial score (nSPS) is 15.2. The Kier molecular flexibility index (Phi) is 39.6. The highest BCUT2D eigenvalue weighted by Crippen LogP contribution is 2.19. The third-order valence-electron chi connectivity index (χ3n) is 15.7. The molecule has 28 nitrogen and oxygen atoms in total. The molecule has 11 amide bonds. The number of methoxy groups -OCH3 is 1. The van der Waals surface area contributed by atoms with Crippen LogP contribution in [0.2, 0.25) is 0 Å². The van der Waals surface area contributed by atoms with Crippen LogP contribution in [0.1, 0.15) is 251 Å². The molecule has 0 aromatic carbocycles. The van der Waals surface area contributed by atoms with Crippen LogP contribution in [0, 0.1) is 23.7 Å². The first-order valence-corrected chi connectivity index (χ1v) is 36.0. The Hall–Kier alpha value is -6.52. The van der Waals surface area contributed by atoms with Crippen LogP contribution in [0.4, 0.5) is 0 Å². The van der Waals surface area contributed by atoms with E-state index in [1.54, 1.807) is 104 Å². The molecule has 0 rings (SSSR count). The number of hydrogen-bond donors (Lipinski definition) is 11. The predicted molar refractivity (Wildman–Crippen MR) is 388 cm³/mol. The number of rotatable bonds is 44. The van der Waals surface area contributed by atoms with Gasteiger partial charge < -0.3 is 82.2 Å². The third-order valence-corrected chi connectivity index (χ3v) is 15.7. The van der Waals surface area contributed by atoms with Gasteiger partial charge in [0.1, 0.15) is 65.0 Å². The second-order valence-electron chi connectivity index (χ2n) is 33.4. The minimum absolute atomic E-state index is 0.000514. The average Bonchev–Trinajstić information content (AvgIpc) is 0.841. The van der Waals surface area contributed by atoms with E-state index in [2.05, 4.69) is 65.4 Å². The average molecular weight is 1440 g/mol. The summed E-state index contributed by atoms with van der Waals surface area (Å²) in [4.78, 5) is 169. The van der Waals surface area contributed by atoms with Crippen molar-refractivity contribution in [2.24, 2.45) is 23.7 Å². The number of carbonyl (C=O) groups excluding carboxylic acids is 12. The summed E-state index contributed by atoms with van der Waals surface area (Å²) >= 11 is 0. The van der Waals surface area contributed by atoms with Gasteiger partial charge in [0.15, 0.2) is 0 Å². The number of hydrogen-bond acceptors (Lipinski definition) is 17. The zero-order valence-corrected chi connectivity index (χ0v) is 66.8. The van der Waals surface area contributed by atoms with Crippen LogP contribution in [0.15, 0.2) is 0 Å². The number of unbranched alkanes of at least 4 members (excludes halogenated alkanes) is 4. The molecule has 0 aromatic rings. The maximum Gasteiger partial charge on any atom is 0.328 e. The predicted octanol–water partition coefficient (Wildman–Crippen LogP) is 5.53. The Balaban J connectivity index is 7.12. The molecule has 0 saturated carbocycles. The fourth-order valence-corrected chi connectivity index (χ4v) is 9.61. The molecule has 0 radical (unpaired) electrons. The standard InChI is InChI=1S/C73H135N11O17/c1-29-31-32-33-34-35-54(85)82-71(22,23)64(94)78-51(40-99-68(13,14)15)57(87)75-48(37-44(5)6)61(91)84-72(24,25)65(95)79-52(41-100-69(16,17)18)58(88)77-50(39-98-67(10,11)12)56(86)74-47(36-43(3)4)60(90)83-73(26,27)66(96)80-53(42-101-70(19,20)21)59(89)81-55(46(9)30-2)62(92)76-49(38-45(7)8)63(93)97-28/h43-53,55H,29-42H2,1-28H3,(H,74,86)(H,75,87)(H,76,92)(H,77,88)(H,78,94)(H,79,95)(H,80,96)(H,81,89)(H,82,85)(H,83,90)(H,84,91)/t46-,47-,48-,49-,50-,51-,52-,53-,55-/m0/s1. The van der Waals surface area contributed by atoms with Gasteiger partial charge in [0.2, 0.25) is 65.0 Å². The van der Waals surface area contributed by atoms with Gasteiger partial charge in [-0.15, -0.1) is 0 Å². The van der Waals surface area contributed by atoms with E-state index in [-0.39, 0.29) is 62.6 Å². The molecule has 101 heavy (non-hydrogen) atoms. The largest absolute Gasteiger partial charge is 0.467 e. The lowest BCUT2D eigenvalue weighted by atomic mass is 9.96. The molecule has 11 N–H and O–H groups in total. The van der Waals surface area contributed by atoms with E-state index in [0.717, 1.165) is 25.7 Å². The van der Waals surface area contributed by atoms with Crippen LogP contribution >= 0.6 is 0 Å². The molecule has 0 aromatic heterocycles. The van der Waals surface area contributed by atoms with Gasteiger partial charge in [-0.25, -0.2) is 4.79 Å². The van der Waals surface area contributed by atoms with Gasteiger partial charge in [-0.3, -0.25) is 52.7 Å². The van der Waals surface area contributed by atoms with Crippen molar-refractivity contribution in [2.75, 3.05) is 33.5 Å². The van der Waals surface area contributed by atoms with Gasteiger partial charge in [0.25, 0.3) is 0 Å². The first-order chi connectivity index (χ1) is 46.0. The van der Waals surface area contributed by atoms with Crippen molar-refractivity contribution in [1.82, 2.24) is 58.5 Å². The van der Waals surface area contributed by atoms with Crippen LogP contribution in [0.3, 0.4) is 0 Å². The van der Waals surface area contributed by atoms with E-state index in [9.17, 15) is 57.5 Å². The fraction of sp³-hybridized carbons (Fsp3) is 0.836.